The lowest BCUT2D eigenvalue weighted by Gasteiger charge is -2.03. The molecule has 0 radical (unpaired) electrons. The normalized spacial score (nSPS) is 10.6. The SMILES string of the molecule is Cc1cccc2ncc(CC(N)=S)n12. The van der Waals surface area contributed by atoms with Gasteiger partial charge in [-0.25, -0.2) is 4.98 Å². The van der Waals surface area contributed by atoms with E-state index < -0.39 is 0 Å². The second-order valence-corrected chi connectivity index (χ2v) is 3.78. The molecule has 0 aromatic carbocycles. The molecule has 0 fully saturated rings. The summed E-state index contributed by atoms with van der Waals surface area (Å²) in [4.78, 5) is 4.78. The molecule has 0 saturated heterocycles. The molecule has 0 saturated carbocycles. The van der Waals surface area contributed by atoms with Gasteiger partial charge in [0.05, 0.1) is 4.99 Å². The maximum absolute atomic E-state index is 5.52. The van der Waals surface area contributed by atoms with Crippen LogP contribution in [0.15, 0.2) is 24.4 Å². The summed E-state index contributed by atoms with van der Waals surface area (Å²) in [6.07, 6.45) is 2.42. The number of fused-ring (bicyclic) bond motifs is 1. The van der Waals surface area contributed by atoms with Gasteiger partial charge in [0.25, 0.3) is 0 Å². The fraction of sp³-hybridized carbons (Fsp3) is 0.200. The highest BCUT2D eigenvalue weighted by molar-refractivity contribution is 7.80. The Morgan fingerprint density at radius 3 is 3.07 bits per heavy atom. The fourth-order valence-electron chi connectivity index (χ4n) is 1.58. The van der Waals surface area contributed by atoms with Crippen LogP contribution in [0, 0.1) is 6.92 Å². The monoisotopic (exact) mass is 205 g/mol. The smallest absolute Gasteiger partial charge is 0.137 e. The highest BCUT2D eigenvalue weighted by atomic mass is 32.1. The van der Waals surface area contributed by atoms with Crippen LogP contribution in [0.25, 0.3) is 5.65 Å². The van der Waals surface area contributed by atoms with Crippen molar-refractivity contribution < 1.29 is 0 Å². The first-order valence-corrected chi connectivity index (χ1v) is 4.79. The van der Waals surface area contributed by atoms with Gasteiger partial charge >= 0.3 is 0 Å². The highest BCUT2D eigenvalue weighted by Gasteiger charge is 2.05. The molecule has 72 valence electrons. The Morgan fingerprint density at radius 2 is 2.36 bits per heavy atom. The summed E-state index contributed by atoms with van der Waals surface area (Å²) >= 11 is 4.89. The van der Waals surface area contributed by atoms with Gasteiger partial charge in [-0.2, -0.15) is 0 Å². The summed E-state index contributed by atoms with van der Waals surface area (Å²) in [5.41, 5.74) is 8.65. The van der Waals surface area contributed by atoms with Crippen LogP contribution < -0.4 is 5.73 Å². The zero-order chi connectivity index (χ0) is 10.1. The van der Waals surface area contributed by atoms with Crippen LogP contribution in [0.3, 0.4) is 0 Å². The first kappa shape index (κ1) is 9.15. The molecule has 0 bridgehead atoms. The van der Waals surface area contributed by atoms with E-state index in [-0.39, 0.29) is 0 Å². The third kappa shape index (κ3) is 1.48. The second-order valence-electron chi connectivity index (χ2n) is 3.25. The lowest BCUT2D eigenvalue weighted by molar-refractivity contribution is 1.01. The summed E-state index contributed by atoms with van der Waals surface area (Å²) in [5.74, 6) is 0. The zero-order valence-electron chi connectivity index (χ0n) is 7.90. The molecule has 0 atom stereocenters. The van der Waals surface area contributed by atoms with E-state index in [1.807, 2.05) is 31.3 Å². The minimum absolute atomic E-state index is 0.495. The summed E-state index contributed by atoms with van der Waals surface area (Å²) in [6.45, 7) is 2.04. The molecule has 2 aromatic rings. The van der Waals surface area contributed by atoms with Gasteiger partial charge in [0, 0.05) is 24.0 Å². The Kier molecular flexibility index (Phi) is 2.21. The quantitative estimate of drug-likeness (QED) is 0.755. The molecule has 0 amide bonds. The summed E-state index contributed by atoms with van der Waals surface area (Å²) in [5, 5.41) is 0. The van der Waals surface area contributed by atoms with Crippen molar-refractivity contribution in [3.05, 3.63) is 35.8 Å². The first-order chi connectivity index (χ1) is 6.68. The number of hydrogen-bond acceptors (Lipinski definition) is 2. The van der Waals surface area contributed by atoms with Gasteiger partial charge < -0.3 is 10.1 Å². The molecule has 3 nitrogen and oxygen atoms in total. The molecule has 0 aliphatic heterocycles. The third-order valence-corrected chi connectivity index (χ3v) is 2.30. The number of nitrogens with zero attached hydrogens (tertiary/aromatic N) is 2. The van der Waals surface area contributed by atoms with Crippen molar-refractivity contribution in [1.29, 1.82) is 0 Å². The molecule has 2 N–H and O–H groups in total. The molecular weight excluding hydrogens is 194 g/mol. The summed E-state index contributed by atoms with van der Waals surface area (Å²) in [6, 6.07) is 6.00. The van der Waals surface area contributed by atoms with Crippen molar-refractivity contribution in [2.24, 2.45) is 5.73 Å². The summed E-state index contributed by atoms with van der Waals surface area (Å²) < 4.78 is 2.07. The minimum atomic E-state index is 0.495. The van der Waals surface area contributed by atoms with Crippen molar-refractivity contribution in [3.63, 3.8) is 0 Å². The highest BCUT2D eigenvalue weighted by Crippen LogP contribution is 2.10. The number of thiocarbonyl (C=S) groups is 1. The predicted molar refractivity (Wildman–Crippen MR) is 60.4 cm³/mol. The van der Waals surface area contributed by atoms with Crippen molar-refractivity contribution in [1.82, 2.24) is 9.38 Å². The van der Waals surface area contributed by atoms with Crippen molar-refractivity contribution >= 4 is 22.9 Å². The van der Waals surface area contributed by atoms with E-state index in [1.165, 1.54) is 0 Å². The number of pyridine rings is 1. The Bertz CT molecular complexity index is 487. The van der Waals surface area contributed by atoms with Crippen LogP contribution in [0.1, 0.15) is 11.4 Å². The number of hydrogen-bond donors (Lipinski definition) is 1. The average molecular weight is 205 g/mol. The lowest BCUT2D eigenvalue weighted by atomic mass is 10.3. The van der Waals surface area contributed by atoms with Crippen molar-refractivity contribution in [3.8, 4) is 0 Å². The predicted octanol–water partition coefficient (Wildman–Crippen LogP) is 1.47. The summed E-state index contributed by atoms with van der Waals surface area (Å²) in [7, 11) is 0. The fourth-order valence-corrected chi connectivity index (χ4v) is 1.73. The number of nitrogens with two attached hydrogens (primary N) is 1. The van der Waals surface area contributed by atoms with Gasteiger partial charge in [-0.05, 0) is 19.1 Å². The number of rotatable bonds is 2. The van der Waals surface area contributed by atoms with Gasteiger partial charge in [-0.1, -0.05) is 18.3 Å². The zero-order valence-corrected chi connectivity index (χ0v) is 8.71. The van der Waals surface area contributed by atoms with Crippen LogP contribution in [-0.4, -0.2) is 14.4 Å². The second kappa shape index (κ2) is 3.38. The van der Waals surface area contributed by atoms with Crippen molar-refractivity contribution in [2.75, 3.05) is 0 Å². The van der Waals surface area contributed by atoms with E-state index in [0.29, 0.717) is 11.4 Å². The van der Waals surface area contributed by atoms with Crippen LogP contribution >= 0.6 is 12.2 Å². The molecule has 2 heterocycles. The van der Waals surface area contributed by atoms with Crippen LogP contribution in [0.4, 0.5) is 0 Å². The third-order valence-electron chi connectivity index (χ3n) is 2.15. The van der Waals surface area contributed by atoms with Gasteiger partial charge in [-0.15, -0.1) is 0 Å². The average Bonchev–Trinajstić information content (AvgIpc) is 2.49. The van der Waals surface area contributed by atoms with E-state index in [9.17, 15) is 0 Å². The largest absolute Gasteiger partial charge is 0.393 e. The molecule has 0 unspecified atom stereocenters. The topological polar surface area (TPSA) is 43.3 Å². The molecule has 0 spiro atoms. The molecule has 0 aliphatic carbocycles. The van der Waals surface area contributed by atoms with E-state index in [1.54, 1.807) is 0 Å². The van der Waals surface area contributed by atoms with E-state index in [2.05, 4.69) is 9.38 Å². The standard InChI is InChI=1S/C10H11N3S/c1-7-3-2-4-10-12-6-8(13(7)10)5-9(11)14/h2-4,6H,5H2,1H3,(H2,11,14). The Hall–Kier alpha value is -1.42. The lowest BCUT2D eigenvalue weighted by Crippen LogP contribution is -2.12. The van der Waals surface area contributed by atoms with E-state index >= 15 is 0 Å². The molecular formula is C10H11N3S. The van der Waals surface area contributed by atoms with Gasteiger partial charge in [0.2, 0.25) is 0 Å². The molecule has 14 heavy (non-hydrogen) atoms. The van der Waals surface area contributed by atoms with Gasteiger partial charge in [0.1, 0.15) is 5.65 Å². The van der Waals surface area contributed by atoms with Crippen LogP contribution in [0.2, 0.25) is 0 Å². The molecule has 0 aliphatic rings. The van der Waals surface area contributed by atoms with Crippen LogP contribution in [0.5, 0.6) is 0 Å². The Balaban J connectivity index is 2.61. The molecule has 2 rings (SSSR count). The number of aryl methyl sites for hydroxylation is 1. The molecule has 2 aromatic heterocycles. The maximum atomic E-state index is 5.52. The number of imidazole rings is 1. The van der Waals surface area contributed by atoms with Gasteiger partial charge in [-0.3, -0.25) is 0 Å². The maximum Gasteiger partial charge on any atom is 0.137 e. The van der Waals surface area contributed by atoms with Crippen LogP contribution in [-0.2, 0) is 6.42 Å². The van der Waals surface area contributed by atoms with E-state index in [0.717, 1.165) is 17.0 Å². The molecule has 4 heteroatoms. The van der Waals surface area contributed by atoms with E-state index in [4.69, 9.17) is 18.0 Å². The van der Waals surface area contributed by atoms with Gasteiger partial charge in [0.15, 0.2) is 0 Å². The number of aromatic nitrogens is 2. The minimum Gasteiger partial charge on any atom is -0.393 e. The Labute approximate surface area is 87.6 Å². The first-order valence-electron chi connectivity index (χ1n) is 4.39. The van der Waals surface area contributed by atoms with Crippen molar-refractivity contribution in [2.45, 2.75) is 13.3 Å². The Morgan fingerprint density at radius 1 is 1.57 bits per heavy atom.